The minimum atomic E-state index is -0.868. The molecule has 0 aromatic carbocycles. The summed E-state index contributed by atoms with van der Waals surface area (Å²) in [5.74, 6) is -1.17. The number of hydrogen-bond acceptors (Lipinski definition) is 3. The summed E-state index contributed by atoms with van der Waals surface area (Å²) in [7, 11) is 1.51. The summed E-state index contributed by atoms with van der Waals surface area (Å²) in [4.78, 5) is 23.5. The van der Waals surface area contributed by atoms with E-state index in [9.17, 15) is 14.7 Å². The summed E-state index contributed by atoms with van der Waals surface area (Å²) in [6.07, 6.45) is 1.28. The molecular formula is C15H27NO4. The molecule has 0 bridgehead atoms. The van der Waals surface area contributed by atoms with E-state index in [2.05, 4.69) is 5.32 Å². The third-order valence-electron chi connectivity index (χ3n) is 5.11. The number of methoxy groups -OCH3 is 1. The second-order valence-corrected chi connectivity index (χ2v) is 6.87. The SMILES string of the molecule is COC(C)(C)C(=O)NC1CCC(C(=O)O)C(C)(C)C1C. The topological polar surface area (TPSA) is 75.6 Å². The molecule has 5 heteroatoms. The lowest BCUT2D eigenvalue weighted by Gasteiger charge is -2.46. The van der Waals surface area contributed by atoms with E-state index < -0.39 is 11.6 Å². The predicted octanol–water partition coefficient (Wildman–Crippen LogP) is 2.05. The summed E-state index contributed by atoms with van der Waals surface area (Å²) >= 11 is 0. The Balaban J connectivity index is 2.81. The first-order valence-electron chi connectivity index (χ1n) is 7.13. The van der Waals surface area contributed by atoms with Crippen molar-refractivity contribution in [2.24, 2.45) is 17.3 Å². The molecule has 0 heterocycles. The lowest BCUT2D eigenvalue weighted by molar-refractivity contribution is -0.151. The first kappa shape index (κ1) is 17.0. The van der Waals surface area contributed by atoms with Gasteiger partial charge >= 0.3 is 5.97 Å². The Bertz CT molecular complexity index is 389. The number of carboxylic acids is 1. The molecule has 1 rings (SSSR count). The van der Waals surface area contributed by atoms with Gasteiger partial charge in [-0.25, -0.2) is 0 Å². The maximum atomic E-state index is 12.2. The van der Waals surface area contributed by atoms with Crippen molar-refractivity contribution in [2.45, 2.75) is 59.1 Å². The van der Waals surface area contributed by atoms with Gasteiger partial charge in [0.2, 0.25) is 0 Å². The molecule has 5 nitrogen and oxygen atoms in total. The van der Waals surface area contributed by atoms with Crippen LogP contribution < -0.4 is 5.32 Å². The average Bonchev–Trinajstić information content (AvgIpc) is 2.34. The highest BCUT2D eigenvalue weighted by Gasteiger charge is 2.47. The van der Waals surface area contributed by atoms with E-state index in [-0.39, 0.29) is 29.2 Å². The Labute approximate surface area is 121 Å². The number of rotatable bonds is 4. The maximum absolute atomic E-state index is 12.2. The third kappa shape index (κ3) is 3.14. The van der Waals surface area contributed by atoms with Gasteiger partial charge < -0.3 is 15.2 Å². The van der Waals surface area contributed by atoms with Crippen molar-refractivity contribution in [1.82, 2.24) is 5.32 Å². The van der Waals surface area contributed by atoms with Crippen molar-refractivity contribution in [3.05, 3.63) is 0 Å². The van der Waals surface area contributed by atoms with Crippen LogP contribution in [0, 0.1) is 17.3 Å². The van der Waals surface area contributed by atoms with Crippen molar-refractivity contribution in [3.63, 3.8) is 0 Å². The molecule has 3 atom stereocenters. The van der Waals surface area contributed by atoms with Crippen molar-refractivity contribution >= 4 is 11.9 Å². The van der Waals surface area contributed by atoms with E-state index in [1.807, 2.05) is 20.8 Å². The summed E-state index contributed by atoms with van der Waals surface area (Å²) in [5, 5.41) is 12.3. The zero-order chi connectivity index (χ0) is 15.7. The number of carbonyl (C=O) groups is 2. The number of carbonyl (C=O) groups excluding carboxylic acids is 1. The van der Waals surface area contributed by atoms with E-state index >= 15 is 0 Å². The summed E-state index contributed by atoms with van der Waals surface area (Å²) in [6, 6.07) is -0.0116. The highest BCUT2D eigenvalue weighted by atomic mass is 16.5. The molecule has 0 aliphatic heterocycles. The molecule has 1 aliphatic carbocycles. The summed E-state index contributed by atoms with van der Waals surface area (Å²) in [6.45, 7) is 9.40. The molecule has 3 unspecified atom stereocenters. The second-order valence-electron chi connectivity index (χ2n) is 6.87. The molecule has 1 saturated carbocycles. The zero-order valence-electron chi connectivity index (χ0n) is 13.3. The largest absolute Gasteiger partial charge is 0.481 e. The van der Waals surface area contributed by atoms with Crippen molar-refractivity contribution in [3.8, 4) is 0 Å². The molecule has 20 heavy (non-hydrogen) atoms. The van der Waals surface area contributed by atoms with Gasteiger partial charge in [0.25, 0.3) is 5.91 Å². The Morgan fingerprint density at radius 3 is 2.30 bits per heavy atom. The van der Waals surface area contributed by atoms with Crippen LogP contribution in [0.25, 0.3) is 0 Å². The zero-order valence-corrected chi connectivity index (χ0v) is 13.3. The highest BCUT2D eigenvalue weighted by molar-refractivity contribution is 5.84. The Kier molecular flexibility index (Phi) is 4.85. The molecule has 0 aromatic heterocycles. The number of aliphatic carboxylic acids is 1. The van der Waals surface area contributed by atoms with Crippen LogP contribution in [0.5, 0.6) is 0 Å². The number of carboxylic acid groups (broad SMARTS) is 1. The molecule has 1 amide bonds. The number of amides is 1. The quantitative estimate of drug-likeness (QED) is 0.829. The van der Waals surface area contributed by atoms with E-state index in [0.29, 0.717) is 12.8 Å². The summed E-state index contributed by atoms with van der Waals surface area (Å²) < 4.78 is 5.18. The molecule has 0 spiro atoms. The maximum Gasteiger partial charge on any atom is 0.307 e. The van der Waals surface area contributed by atoms with Crippen molar-refractivity contribution in [1.29, 1.82) is 0 Å². The summed E-state index contributed by atoms with van der Waals surface area (Å²) in [5.41, 5.74) is -1.22. The molecule has 116 valence electrons. The smallest absolute Gasteiger partial charge is 0.307 e. The van der Waals surface area contributed by atoms with Gasteiger partial charge in [-0.05, 0) is 38.0 Å². The van der Waals surface area contributed by atoms with Gasteiger partial charge in [-0.2, -0.15) is 0 Å². The van der Waals surface area contributed by atoms with Crippen LogP contribution in [0.4, 0.5) is 0 Å². The molecule has 0 radical (unpaired) electrons. The Morgan fingerprint density at radius 2 is 1.85 bits per heavy atom. The van der Waals surface area contributed by atoms with Crippen molar-refractivity contribution in [2.75, 3.05) is 7.11 Å². The number of hydrogen-bond donors (Lipinski definition) is 2. The van der Waals surface area contributed by atoms with Crippen LogP contribution in [0.15, 0.2) is 0 Å². The lowest BCUT2D eigenvalue weighted by Crippen LogP contribution is -2.56. The van der Waals surface area contributed by atoms with E-state index in [1.165, 1.54) is 7.11 Å². The van der Waals surface area contributed by atoms with Crippen LogP contribution in [0.2, 0.25) is 0 Å². The number of nitrogens with one attached hydrogen (secondary N) is 1. The van der Waals surface area contributed by atoms with Gasteiger partial charge in [0, 0.05) is 13.2 Å². The standard InChI is InChI=1S/C15H27NO4/c1-9-11(16-13(19)15(4,5)20-6)8-7-10(12(17)18)14(9,2)3/h9-11H,7-8H2,1-6H3,(H,16,19)(H,17,18). The Morgan fingerprint density at radius 1 is 1.30 bits per heavy atom. The third-order valence-corrected chi connectivity index (χ3v) is 5.11. The minimum absolute atomic E-state index is 0.0116. The van der Waals surface area contributed by atoms with Gasteiger partial charge in [0.15, 0.2) is 0 Å². The normalized spacial score (nSPS) is 29.8. The molecule has 1 fully saturated rings. The lowest BCUT2D eigenvalue weighted by atomic mass is 9.61. The molecule has 2 N–H and O–H groups in total. The van der Waals surface area contributed by atoms with E-state index in [1.54, 1.807) is 13.8 Å². The fourth-order valence-corrected chi connectivity index (χ4v) is 2.88. The van der Waals surface area contributed by atoms with Gasteiger partial charge in [0.1, 0.15) is 5.60 Å². The molecule has 0 saturated heterocycles. The van der Waals surface area contributed by atoms with Crippen LogP contribution in [0.1, 0.15) is 47.5 Å². The second kappa shape index (κ2) is 5.72. The average molecular weight is 285 g/mol. The van der Waals surface area contributed by atoms with Crippen LogP contribution in [0.3, 0.4) is 0 Å². The monoisotopic (exact) mass is 285 g/mol. The minimum Gasteiger partial charge on any atom is -0.481 e. The predicted molar refractivity (Wildman–Crippen MR) is 76.3 cm³/mol. The first-order chi connectivity index (χ1) is 9.04. The van der Waals surface area contributed by atoms with Gasteiger partial charge in [-0.15, -0.1) is 0 Å². The van der Waals surface area contributed by atoms with E-state index in [0.717, 1.165) is 0 Å². The van der Waals surface area contributed by atoms with Gasteiger partial charge in [0.05, 0.1) is 5.92 Å². The van der Waals surface area contributed by atoms with Gasteiger partial charge in [-0.1, -0.05) is 20.8 Å². The van der Waals surface area contributed by atoms with Gasteiger partial charge in [-0.3, -0.25) is 9.59 Å². The van der Waals surface area contributed by atoms with Crippen molar-refractivity contribution < 1.29 is 19.4 Å². The number of ether oxygens (including phenoxy) is 1. The van der Waals surface area contributed by atoms with Crippen LogP contribution in [-0.2, 0) is 14.3 Å². The first-order valence-corrected chi connectivity index (χ1v) is 7.13. The molecular weight excluding hydrogens is 258 g/mol. The highest BCUT2D eigenvalue weighted by Crippen LogP contribution is 2.45. The van der Waals surface area contributed by atoms with E-state index in [4.69, 9.17) is 4.74 Å². The van der Waals surface area contributed by atoms with Crippen LogP contribution >= 0.6 is 0 Å². The molecule has 0 aromatic rings. The van der Waals surface area contributed by atoms with Crippen LogP contribution in [-0.4, -0.2) is 35.7 Å². The Hall–Kier alpha value is -1.10. The fourth-order valence-electron chi connectivity index (χ4n) is 2.88. The molecule has 1 aliphatic rings. The fraction of sp³-hybridized carbons (Fsp3) is 0.867.